The SMILES string of the molecule is O=C(O)c1ccccc1N1C(=O)[C@@H]2[C@@H]3C[C@@H]([C@H](Br)[C@H]3Br)[C@@H]2C1=O. The van der Waals surface area contributed by atoms with Crippen LogP contribution in [0.15, 0.2) is 24.3 Å². The third kappa shape index (κ3) is 1.92. The zero-order chi connectivity index (χ0) is 16.5. The van der Waals surface area contributed by atoms with Crippen LogP contribution in [0.4, 0.5) is 5.69 Å². The molecule has 3 fully saturated rings. The second-order valence-corrected chi connectivity index (χ2v) is 8.45. The van der Waals surface area contributed by atoms with Gasteiger partial charge in [-0.2, -0.15) is 0 Å². The number of carbonyl (C=O) groups is 3. The van der Waals surface area contributed by atoms with Gasteiger partial charge >= 0.3 is 5.97 Å². The summed E-state index contributed by atoms with van der Waals surface area (Å²) < 4.78 is 0. The normalized spacial score (nSPS) is 38.3. The maximum absolute atomic E-state index is 12.9. The number of carboxylic acids is 1. The zero-order valence-corrected chi connectivity index (χ0v) is 15.0. The van der Waals surface area contributed by atoms with Gasteiger partial charge < -0.3 is 5.11 Å². The summed E-state index contributed by atoms with van der Waals surface area (Å²) in [5.74, 6) is -2.10. The van der Waals surface area contributed by atoms with Crippen molar-refractivity contribution in [1.29, 1.82) is 0 Å². The number of benzene rings is 1. The van der Waals surface area contributed by atoms with E-state index in [9.17, 15) is 19.5 Å². The summed E-state index contributed by atoms with van der Waals surface area (Å²) >= 11 is 7.27. The Kier molecular flexibility index (Phi) is 3.43. The highest BCUT2D eigenvalue weighted by atomic mass is 79.9. The molecular weight excluding hydrogens is 430 g/mol. The molecule has 1 heterocycles. The Morgan fingerprint density at radius 2 is 1.57 bits per heavy atom. The monoisotopic (exact) mass is 441 g/mol. The highest BCUT2D eigenvalue weighted by Gasteiger charge is 2.66. The van der Waals surface area contributed by atoms with Crippen molar-refractivity contribution in [1.82, 2.24) is 0 Å². The first-order valence-corrected chi connectivity index (χ1v) is 9.25. The molecule has 1 N–H and O–H groups in total. The van der Waals surface area contributed by atoms with Crippen LogP contribution in [0.3, 0.4) is 0 Å². The molecule has 7 heteroatoms. The zero-order valence-electron chi connectivity index (χ0n) is 11.9. The Balaban J connectivity index is 1.78. The third-order valence-corrected chi connectivity index (χ3v) is 8.57. The highest BCUT2D eigenvalue weighted by Crippen LogP contribution is 2.60. The summed E-state index contributed by atoms with van der Waals surface area (Å²) in [6.07, 6.45) is 0.854. The van der Waals surface area contributed by atoms with E-state index >= 15 is 0 Å². The molecule has 1 aliphatic heterocycles. The lowest BCUT2D eigenvalue weighted by Gasteiger charge is -2.28. The van der Waals surface area contributed by atoms with E-state index in [1.165, 1.54) is 12.1 Å². The first-order chi connectivity index (χ1) is 10.9. The number of carboxylic acid groups (broad SMARTS) is 1. The van der Waals surface area contributed by atoms with Gasteiger partial charge in [0.25, 0.3) is 0 Å². The quantitative estimate of drug-likeness (QED) is 0.564. The lowest BCUT2D eigenvalue weighted by Crippen LogP contribution is -2.37. The van der Waals surface area contributed by atoms with Gasteiger partial charge in [0.2, 0.25) is 11.8 Å². The number of amides is 2. The van der Waals surface area contributed by atoms with Crippen molar-refractivity contribution in [3.8, 4) is 0 Å². The fourth-order valence-electron chi connectivity index (χ4n) is 4.44. The van der Waals surface area contributed by atoms with E-state index in [0.717, 1.165) is 11.3 Å². The molecule has 5 nitrogen and oxygen atoms in total. The van der Waals surface area contributed by atoms with E-state index < -0.39 is 5.97 Å². The third-order valence-electron chi connectivity index (χ3n) is 5.36. The molecule has 23 heavy (non-hydrogen) atoms. The molecule has 120 valence electrons. The molecule has 6 atom stereocenters. The fraction of sp³-hybridized carbons (Fsp3) is 0.438. The summed E-state index contributed by atoms with van der Waals surface area (Å²) in [5.41, 5.74) is 0.161. The number of anilines is 1. The smallest absolute Gasteiger partial charge is 0.337 e. The van der Waals surface area contributed by atoms with E-state index in [1.807, 2.05) is 0 Å². The minimum Gasteiger partial charge on any atom is -0.478 e. The average Bonchev–Trinajstić information content (AvgIpc) is 3.12. The average molecular weight is 443 g/mol. The molecule has 1 aromatic rings. The number of hydrogen-bond acceptors (Lipinski definition) is 3. The Hall–Kier alpha value is -1.21. The van der Waals surface area contributed by atoms with Crippen LogP contribution in [0.5, 0.6) is 0 Å². The topological polar surface area (TPSA) is 74.7 Å². The van der Waals surface area contributed by atoms with Crippen LogP contribution in [-0.4, -0.2) is 32.5 Å². The summed E-state index contributed by atoms with van der Waals surface area (Å²) in [6.45, 7) is 0. The molecule has 0 spiro atoms. The van der Waals surface area contributed by atoms with E-state index in [1.54, 1.807) is 12.1 Å². The summed E-state index contributed by atoms with van der Waals surface area (Å²) in [6, 6.07) is 6.18. The van der Waals surface area contributed by atoms with Gasteiger partial charge in [0.05, 0.1) is 23.1 Å². The molecule has 0 unspecified atom stereocenters. The standard InChI is InChI=1S/C16H13Br2NO4/c17-12-7-5-8(13(12)18)11-10(7)14(20)19(15(11)21)9-4-2-1-3-6(9)16(22)23/h1-4,7-8,10-13H,5H2,(H,22,23)/t7-,8+,10+,11-,12-,13-/m0/s1. The van der Waals surface area contributed by atoms with Crippen molar-refractivity contribution in [3.05, 3.63) is 29.8 Å². The Morgan fingerprint density at radius 1 is 1.04 bits per heavy atom. The van der Waals surface area contributed by atoms with E-state index in [0.29, 0.717) is 0 Å². The fourth-order valence-corrected chi connectivity index (χ4v) is 6.31. The van der Waals surface area contributed by atoms with Gasteiger partial charge in [0.1, 0.15) is 0 Å². The predicted molar refractivity (Wildman–Crippen MR) is 89.9 cm³/mol. The van der Waals surface area contributed by atoms with E-state index in [4.69, 9.17) is 0 Å². The summed E-state index contributed by atoms with van der Waals surface area (Å²) in [7, 11) is 0. The van der Waals surface area contributed by atoms with Gasteiger partial charge in [0, 0.05) is 9.65 Å². The lowest BCUT2D eigenvalue weighted by atomic mass is 9.81. The largest absolute Gasteiger partial charge is 0.478 e. The van der Waals surface area contributed by atoms with Crippen molar-refractivity contribution in [3.63, 3.8) is 0 Å². The van der Waals surface area contributed by atoms with Gasteiger partial charge in [-0.3, -0.25) is 9.59 Å². The number of para-hydroxylation sites is 1. The van der Waals surface area contributed by atoms with Gasteiger partial charge in [-0.05, 0) is 30.4 Å². The van der Waals surface area contributed by atoms with Crippen LogP contribution < -0.4 is 4.90 Å². The van der Waals surface area contributed by atoms with Gasteiger partial charge in [-0.25, -0.2) is 9.69 Å². The lowest BCUT2D eigenvalue weighted by molar-refractivity contribution is -0.123. The highest BCUT2D eigenvalue weighted by molar-refractivity contribution is 9.12. The second kappa shape index (κ2) is 5.14. The van der Waals surface area contributed by atoms with Crippen LogP contribution in [0.1, 0.15) is 16.8 Å². The molecule has 2 aliphatic carbocycles. The molecule has 0 radical (unpaired) electrons. The van der Waals surface area contributed by atoms with Crippen molar-refractivity contribution >= 4 is 55.3 Å². The number of alkyl halides is 2. The minimum atomic E-state index is -1.14. The van der Waals surface area contributed by atoms with Crippen molar-refractivity contribution < 1.29 is 19.5 Å². The first kappa shape index (κ1) is 15.3. The maximum Gasteiger partial charge on any atom is 0.337 e. The van der Waals surface area contributed by atoms with E-state index in [-0.39, 0.29) is 56.4 Å². The predicted octanol–water partition coefficient (Wildman–Crippen LogP) is 2.67. The van der Waals surface area contributed by atoms with E-state index in [2.05, 4.69) is 31.9 Å². The molecule has 2 amide bonds. The van der Waals surface area contributed by atoms with Gasteiger partial charge in [0.15, 0.2) is 0 Å². The number of aromatic carboxylic acids is 1. The Bertz CT molecular complexity index is 705. The number of rotatable bonds is 2. The molecule has 2 bridgehead atoms. The molecular formula is C16H13Br2NO4. The molecule has 2 saturated carbocycles. The van der Waals surface area contributed by atoms with Crippen LogP contribution in [0.2, 0.25) is 0 Å². The van der Waals surface area contributed by atoms with Crippen LogP contribution in [-0.2, 0) is 9.59 Å². The van der Waals surface area contributed by atoms with Crippen molar-refractivity contribution in [2.75, 3.05) is 4.90 Å². The van der Waals surface area contributed by atoms with Crippen LogP contribution in [0, 0.1) is 23.7 Å². The Morgan fingerprint density at radius 3 is 2.09 bits per heavy atom. The number of fused-ring (bicyclic) bond motifs is 5. The first-order valence-electron chi connectivity index (χ1n) is 7.41. The van der Waals surface area contributed by atoms with Gasteiger partial charge in [-0.1, -0.05) is 44.0 Å². The Labute approximate surface area is 149 Å². The molecule has 0 aromatic heterocycles. The van der Waals surface area contributed by atoms with Crippen molar-refractivity contribution in [2.24, 2.45) is 23.7 Å². The van der Waals surface area contributed by atoms with Crippen LogP contribution in [0.25, 0.3) is 0 Å². The van der Waals surface area contributed by atoms with Gasteiger partial charge in [-0.15, -0.1) is 0 Å². The summed E-state index contributed by atoms with van der Waals surface area (Å²) in [5, 5.41) is 9.34. The summed E-state index contributed by atoms with van der Waals surface area (Å²) in [4.78, 5) is 38.6. The van der Waals surface area contributed by atoms with Crippen molar-refractivity contribution in [2.45, 2.75) is 16.1 Å². The number of imide groups is 1. The number of carbonyl (C=O) groups excluding carboxylic acids is 2. The number of halogens is 2. The molecule has 4 rings (SSSR count). The number of nitrogens with zero attached hydrogens (tertiary/aromatic N) is 1. The maximum atomic E-state index is 12.9. The number of hydrogen-bond donors (Lipinski definition) is 1. The van der Waals surface area contributed by atoms with Crippen LogP contribution >= 0.6 is 31.9 Å². The molecule has 1 saturated heterocycles. The minimum absolute atomic E-state index is 0.0210. The molecule has 1 aromatic carbocycles. The second-order valence-electron chi connectivity index (χ2n) is 6.34. The molecule has 3 aliphatic rings.